The van der Waals surface area contributed by atoms with Gasteiger partial charge in [-0.1, -0.05) is 35.9 Å². The summed E-state index contributed by atoms with van der Waals surface area (Å²) < 4.78 is 0. The lowest BCUT2D eigenvalue weighted by Gasteiger charge is -2.22. The molecule has 0 bridgehead atoms. The van der Waals surface area contributed by atoms with E-state index in [0.29, 0.717) is 18.7 Å². The summed E-state index contributed by atoms with van der Waals surface area (Å²) in [5, 5.41) is 6.66. The molecule has 0 unspecified atom stereocenters. The molecule has 0 fully saturated rings. The Morgan fingerprint density at radius 3 is 2.48 bits per heavy atom. The fourth-order valence-electron chi connectivity index (χ4n) is 2.47. The molecule has 1 amide bonds. The first-order valence-electron chi connectivity index (χ1n) is 8.00. The minimum absolute atomic E-state index is 0.0865. The molecule has 25 heavy (non-hydrogen) atoms. The van der Waals surface area contributed by atoms with E-state index in [9.17, 15) is 4.79 Å². The number of halogens is 1. The summed E-state index contributed by atoms with van der Waals surface area (Å²) >= 11 is 6.04. The number of nitrogens with zero attached hydrogens (tertiary/aromatic N) is 2. The minimum Gasteiger partial charge on any atom is -0.355 e. The highest BCUT2D eigenvalue weighted by molar-refractivity contribution is 6.30. The molecule has 5 nitrogen and oxygen atoms in total. The minimum atomic E-state index is -0.0865. The van der Waals surface area contributed by atoms with Crippen LogP contribution in [0.5, 0.6) is 0 Å². The molecule has 0 atom stereocenters. The first kappa shape index (κ1) is 18.8. The van der Waals surface area contributed by atoms with Gasteiger partial charge in [-0.15, -0.1) is 0 Å². The van der Waals surface area contributed by atoms with Crippen LogP contribution < -0.4 is 10.6 Å². The molecular weight excluding hydrogens is 336 g/mol. The third-order valence-electron chi connectivity index (χ3n) is 3.78. The van der Waals surface area contributed by atoms with Crippen LogP contribution in [-0.2, 0) is 13.1 Å². The first-order chi connectivity index (χ1) is 12.0. The molecule has 0 aromatic heterocycles. The van der Waals surface area contributed by atoms with Crippen molar-refractivity contribution < 1.29 is 4.79 Å². The lowest BCUT2D eigenvalue weighted by atomic mass is 10.1. The Morgan fingerprint density at radius 2 is 1.88 bits per heavy atom. The van der Waals surface area contributed by atoms with Crippen molar-refractivity contribution in [1.29, 1.82) is 0 Å². The standard InChI is InChI=1S/C19H23ClN4O/c1-21-18(25)16-9-7-14(8-10-16)12-23-19(22-2)24(3)13-15-5-4-6-17(20)11-15/h4-11H,12-13H2,1-3H3,(H,21,25)(H,22,23). The fourth-order valence-corrected chi connectivity index (χ4v) is 2.68. The largest absolute Gasteiger partial charge is 0.355 e. The van der Waals surface area contributed by atoms with Gasteiger partial charge in [0.2, 0.25) is 0 Å². The summed E-state index contributed by atoms with van der Waals surface area (Å²) in [7, 11) is 5.36. The van der Waals surface area contributed by atoms with Gasteiger partial charge in [0.25, 0.3) is 5.91 Å². The van der Waals surface area contributed by atoms with Gasteiger partial charge in [-0.05, 0) is 35.4 Å². The van der Waals surface area contributed by atoms with E-state index in [-0.39, 0.29) is 5.91 Å². The molecule has 2 N–H and O–H groups in total. The van der Waals surface area contributed by atoms with Crippen molar-refractivity contribution in [1.82, 2.24) is 15.5 Å². The number of nitrogens with one attached hydrogen (secondary N) is 2. The number of carbonyl (C=O) groups is 1. The monoisotopic (exact) mass is 358 g/mol. The molecule has 0 aliphatic carbocycles. The molecule has 0 spiro atoms. The third kappa shape index (κ3) is 5.50. The quantitative estimate of drug-likeness (QED) is 0.638. The summed E-state index contributed by atoms with van der Waals surface area (Å²) in [6.07, 6.45) is 0. The number of rotatable bonds is 5. The number of hydrogen-bond acceptors (Lipinski definition) is 2. The van der Waals surface area contributed by atoms with Crippen molar-refractivity contribution in [3.8, 4) is 0 Å². The zero-order valence-electron chi connectivity index (χ0n) is 14.7. The second-order valence-electron chi connectivity index (χ2n) is 5.66. The molecule has 2 rings (SSSR count). The van der Waals surface area contributed by atoms with E-state index in [1.54, 1.807) is 14.1 Å². The average molecular weight is 359 g/mol. The van der Waals surface area contributed by atoms with Gasteiger partial charge >= 0.3 is 0 Å². The molecule has 0 saturated carbocycles. The predicted octanol–water partition coefficient (Wildman–Crippen LogP) is 2.91. The van der Waals surface area contributed by atoms with Crippen molar-refractivity contribution in [2.24, 2.45) is 4.99 Å². The van der Waals surface area contributed by atoms with Crippen LogP contribution in [0.4, 0.5) is 0 Å². The summed E-state index contributed by atoms with van der Waals surface area (Å²) in [6, 6.07) is 15.3. The molecule has 2 aromatic rings. The Labute approximate surface area is 153 Å². The Bertz CT molecular complexity index is 743. The number of guanidine groups is 1. The molecular formula is C19H23ClN4O. The predicted molar refractivity (Wildman–Crippen MR) is 103 cm³/mol. The second-order valence-corrected chi connectivity index (χ2v) is 6.10. The number of amides is 1. The van der Waals surface area contributed by atoms with E-state index >= 15 is 0 Å². The van der Waals surface area contributed by atoms with Gasteiger partial charge in [-0.3, -0.25) is 9.79 Å². The highest BCUT2D eigenvalue weighted by Gasteiger charge is 2.08. The zero-order valence-corrected chi connectivity index (χ0v) is 15.5. The Hall–Kier alpha value is -2.53. The molecule has 0 radical (unpaired) electrons. The van der Waals surface area contributed by atoms with E-state index in [1.807, 2.05) is 60.5 Å². The highest BCUT2D eigenvalue weighted by Crippen LogP contribution is 2.12. The SMILES string of the molecule is CN=C(NCc1ccc(C(=O)NC)cc1)N(C)Cc1cccc(Cl)c1. The van der Waals surface area contributed by atoms with Gasteiger partial charge in [-0.25, -0.2) is 0 Å². The van der Waals surface area contributed by atoms with Crippen LogP contribution in [0.1, 0.15) is 21.5 Å². The molecule has 0 heterocycles. The van der Waals surface area contributed by atoms with Gasteiger partial charge < -0.3 is 15.5 Å². The topological polar surface area (TPSA) is 56.7 Å². The normalized spacial score (nSPS) is 11.1. The molecule has 132 valence electrons. The van der Waals surface area contributed by atoms with Crippen molar-refractivity contribution in [2.45, 2.75) is 13.1 Å². The number of benzene rings is 2. The van der Waals surface area contributed by atoms with Crippen LogP contribution >= 0.6 is 11.6 Å². The maximum absolute atomic E-state index is 11.6. The van der Waals surface area contributed by atoms with E-state index in [4.69, 9.17) is 11.6 Å². The molecule has 0 aliphatic heterocycles. The molecule has 0 saturated heterocycles. The summed E-state index contributed by atoms with van der Waals surface area (Å²) in [4.78, 5) is 17.9. The Kier molecular flexibility index (Phi) is 6.83. The summed E-state index contributed by atoms with van der Waals surface area (Å²) in [5.41, 5.74) is 2.84. The van der Waals surface area contributed by atoms with Crippen LogP contribution in [0.2, 0.25) is 5.02 Å². The van der Waals surface area contributed by atoms with E-state index in [0.717, 1.165) is 22.1 Å². The van der Waals surface area contributed by atoms with Crippen LogP contribution in [0.15, 0.2) is 53.5 Å². The van der Waals surface area contributed by atoms with Gasteiger partial charge in [0, 0.05) is 44.8 Å². The van der Waals surface area contributed by atoms with Crippen molar-refractivity contribution in [3.63, 3.8) is 0 Å². The number of carbonyl (C=O) groups excluding carboxylic acids is 1. The summed E-state index contributed by atoms with van der Waals surface area (Å²) in [5.74, 6) is 0.701. The molecule has 2 aromatic carbocycles. The van der Waals surface area contributed by atoms with E-state index < -0.39 is 0 Å². The van der Waals surface area contributed by atoms with Crippen LogP contribution in [-0.4, -0.2) is 37.9 Å². The molecule has 0 aliphatic rings. The van der Waals surface area contributed by atoms with Crippen LogP contribution in [0.25, 0.3) is 0 Å². The Morgan fingerprint density at radius 1 is 1.16 bits per heavy atom. The Balaban J connectivity index is 1.94. The highest BCUT2D eigenvalue weighted by atomic mass is 35.5. The van der Waals surface area contributed by atoms with Crippen molar-refractivity contribution >= 4 is 23.5 Å². The van der Waals surface area contributed by atoms with E-state index in [1.165, 1.54) is 0 Å². The van der Waals surface area contributed by atoms with Crippen LogP contribution in [0.3, 0.4) is 0 Å². The van der Waals surface area contributed by atoms with Crippen molar-refractivity contribution in [2.75, 3.05) is 21.1 Å². The summed E-state index contributed by atoms with van der Waals surface area (Å²) in [6.45, 7) is 1.33. The number of hydrogen-bond donors (Lipinski definition) is 2. The smallest absolute Gasteiger partial charge is 0.251 e. The lowest BCUT2D eigenvalue weighted by Crippen LogP contribution is -2.38. The average Bonchev–Trinajstić information content (AvgIpc) is 2.62. The van der Waals surface area contributed by atoms with Gasteiger partial charge in [0.1, 0.15) is 0 Å². The first-order valence-corrected chi connectivity index (χ1v) is 8.38. The van der Waals surface area contributed by atoms with Gasteiger partial charge in [-0.2, -0.15) is 0 Å². The second kappa shape index (κ2) is 9.08. The number of aliphatic imine (C=N–C) groups is 1. The maximum Gasteiger partial charge on any atom is 0.251 e. The third-order valence-corrected chi connectivity index (χ3v) is 4.01. The van der Waals surface area contributed by atoms with Crippen molar-refractivity contribution in [3.05, 3.63) is 70.2 Å². The molecule has 6 heteroatoms. The fraction of sp³-hybridized carbons (Fsp3) is 0.263. The van der Waals surface area contributed by atoms with Crippen LogP contribution in [0, 0.1) is 0 Å². The van der Waals surface area contributed by atoms with Gasteiger partial charge in [0.05, 0.1) is 0 Å². The van der Waals surface area contributed by atoms with E-state index in [2.05, 4.69) is 15.6 Å². The lowest BCUT2D eigenvalue weighted by molar-refractivity contribution is 0.0963. The zero-order chi connectivity index (χ0) is 18.2. The maximum atomic E-state index is 11.6. The van der Waals surface area contributed by atoms with Gasteiger partial charge in [0.15, 0.2) is 5.96 Å².